The molecule has 0 aliphatic rings. The highest BCUT2D eigenvalue weighted by atomic mass is 14.0. The molecule has 0 radical (unpaired) electrons. The number of hydrogen-bond acceptors (Lipinski definition) is 0. The molecule has 0 aromatic heterocycles. The lowest BCUT2D eigenvalue weighted by molar-refractivity contribution is 0.732. The first kappa shape index (κ1) is 13.1. The van der Waals surface area contributed by atoms with Crippen molar-refractivity contribution in [3.05, 3.63) is 23.8 Å². The van der Waals surface area contributed by atoms with Gasteiger partial charge in [-0.15, -0.1) is 0 Å². The van der Waals surface area contributed by atoms with E-state index in [1.165, 1.54) is 12.0 Å². The van der Waals surface area contributed by atoms with E-state index in [2.05, 4.69) is 39.0 Å². The summed E-state index contributed by atoms with van der Waals surface area (Å²) in [7, 11) is 0. The van der Waals surface area contributed by atoms with Crippen molar-refractivity contribution < 1.29 is 0 Å². The van der Waals surface area contributed by atoms with E-state index in [0.717, 1.165) is 0 Å². The van der Waals surface area contributed by atoms with Crippen molar-refractivity contribution in [1.29, 1.82) is 0 Å². The van der Waals surface area contributed by atoms with Crippen LogP contribution in [0.25, 0.3) is 0 Å². The summed E-state index contributed by atoms with van der Waals surface area (Å²) in [5, 5.41) is 0. The smallest absolute Gasteiger partial charge is 0.0257 e. The molecule has 0 atom stereocenters. The quantitative estimate of drug-likeness (QED) is 0.535. The van der Waals surface area contributed by atoms with E-state index in [4.69, 9.17) is 0 Å². The first-order chi connectivity index (χ1) is 4.72. The van der Waals surface area contributed by atoms with E-state index in [0.29, 0.717) is 5.92 Å². The average Bonchev–Trinajstić information content (AvgIpc) is 1.89. The maximum atomic E-state index is 2.23. The molecule has 11 heavy (non-hydrogen) atoms. The van der Waals surface area contributed by atoms with Crippen LogP contribution in [-0.2, 0) is 0 Å². The van der Waals surface area contributed by atoms with Crippen LogP contribution < -0.4 is 0 Å². The molecule has 0 aromatic carbocycles. The summed E-state index contributed by atoms with van der Waals surface area (Å²) in [5.74, 6) is 0.696. The summed E-state index contributed by atoms with van der Waals surface area (Å²) in [5.41, 5.74) is 1.53. The van der Waals surface area contributed by atoms with Gasteiger partial charge in [0.1, 0.15) is 0 Å². The molecular formula is C11H22. The van der Waals surface area contributed by atoms with Crippen LogP contribution >= 0.6 is 0 Å². The molecule has 0 spiro atoms. The summed E-state index contributed by atoms with van der Waals surface area (Å²) in [6.45, 7) is 8.72. The first-order valence-corrected chi connectivity index (χ1v) is 4.04. The zero-order valence-corrected chi connectivity index (χ0v) is 7.52. The predicted molar refractivity (Wildman–Crippen MR) is 54.8 cm³/mol. The lowest BCUT2D eigenvalue weighted by atomic mass is 10.0. The van der Waals surface area contributed by atoms with Crippen LogP contribution in [0.3, 0.4) is 0 Å². The Kier molecular flexibility index (Phi) is 9.03. The van der Waals surface area contributed by atoms with E-state index in [-0.39, 0.29) is 7.43 Å². The molecule has 0 saturated heterocycles. The molecule has 0 unspecified atom stereocenters. The van der Waals surface area contributed by atoms with Gasteiger partial charge in [-0.05, 0) is 19.3 Å². The summed E-state index contributed by atoms with van der Waals surface area (Å²) < 4.78 is 0. The predicted octanol–water partition coefficient (Wildman–Crippen LogP) is 4.19. The maximum absolute atomic E-state index is 2.23. The van der Waals surface area contributed by atoms with Gasteiger partial charge in [0.15, 0.2) is 0 Å². The maximum Gasteiger partial charge on any atom is -0.0257 e. The summed E-state index contributed by atoms with van der Waals surface area (Å²) in [6.07, 6.45) is 7.56. The van der Waals surface area contributed by atoms with Gasteiger partial charge < -0.3 is 0 Å². The molecule has 0 rings (SSSR count). The minimum Gasteiger partial charge on any atom is -0.0877 e. The molecule has 0 N–H and O–H groups in total. The van der Waals surface area contributed by atoms with Gasteiger partial charge >= 0.3 is 0 Å². The van der Waals surface area contributed by atoms with E-state index in [1.54, 1.807) is 0 Å². The highest BCUT2D eigenvalue weighted by molar-refractivity contribution is 5.13. The Balaban J connectivity index is 0. The molecule has 66 valence electrons. The van der Waals surface area contributed by atoms with E-state index in [1.807, 2.05) is 6.92 Å². The third-order valence-corrected chi connectivity index (χ3v) is 1.65. The summed E-state index contributed by atoms with van der Waals surface area (Å²) >= 11 is 0. The number of hydrogen-bond donors (Lipinski definition) is 0. The van der Waals surface area contributed by atoms with Gasteiger partial charge in [-0.25, -0.2) is 0 Å². The lowest BCUT2D eigenvalue weighted by Crippen LogP contribution is -1.90. The standard InChI is InChI=1S/C10H18.CH4/c1-5-7-8-10(6-2)9(3)4;/h5,7-9H,6H2,1-4H3;1H4/b7-5-,10-8-;. The molecular weight excluding hydrogens is 132 g/mol. The molecule has 0 aromatic rings. The van der Waals surface area contributed by atoms with Crippen molar-refractivity contribution in [2.24, 2.45) is 5.92 Å². The molecule has 0 heteroatoms. The van der Waals surface area contributed by atoms with Crippen LogP contribution in [0.4, 0.5) is 0 Å². The van der Waals surface area contributed by atoms with Crippen molar-refractivity contribution in [3.8, 4) is 0 Å². The number of rotatable bonds is 3. The van der Waals surface area contributed by atoms with E-state index in [9.17, 15) is 0 Å². The van der Waals surface area contributed by atoms with Crippen molar-refractivity contribution in [1.82, 2.24) is 0 Å². The minimum absolute atomic E-state index is 0. The first-order valence-electron chi connectivity index (χ1n) is 4.04. The normalized spacial score (nSPS) is 12.3. The molecule has 0 bridgehead atoms. The van der Waals surface area contributed by atoms with Crippen molar-refractivity contribution in [2.45, 2.75) is 41.5 Å². The zero-order valence-electron chi connectivity index (χ0n) is 7.52. The second-order valence-corrected chi connectivity index (χ2v) is 2.78. The Labute approximate surface area is 72.0 Å². The van der Waals surface area contributed by atoms with Gasteiger partial charge in [0.2, 0.25) is 0 Å². The Morgan fingerprint density at radius 2 is 1.91 bits per heavy atom. The van der Waals surface area contributed by atoms with Crippen LogP contribution in [-0.4, -0.2) is 0 Å². The second kappa shape index (κ2) is 7.59. The molecule has 0 saturated carbocycles. The Morgan fingerprint density at radius 1 is 1.36 bits per heavy atom. The lowest BCUT2D eigenvalue weighted by Gasteiger charge is -2.06. The van der Waals surface area contributed by atoms with E-state index < -0.39 is 0 Å². The summed E-state index contributed by atoms with van der Waals surface area (Å²) in [4.78, 5) is 0. The van der Waals surface area contributed by atoms with Crippen LogP contribution in [0, 0.1) is 5.92 Å². The second-order valence-electron chi connectivity index (χ2n) is 2.78. The molecule has 0 amide bonds. The van der Waals surface area contributed by atoms with Crippen LogP contribution in [0.1, 0.15) is 41.5 Å². The third-order valence-electron chi connectivity index (χ3n) is 1.65. The fourth-order valence-electron chi connectivity index (χ4n) is 0.938. The molecule has 0 fully saturated rings. The van der Waals surface area contributed by atoms with Gasteiger partial charge in [-0.2, -0.15) is 0 Å². The van der Waals surface area contributed by atoms with Crippen LogP contribution in [0.2, 0.25) is 0 Å². The zero-order chi connectivity index (χ0) is 7.98. The van der Waals surface area contributed by atoms with Gasteiger partial charge in [0, 0.05) is 0 Å². The minimum atomic E-state index is 0. The fraction of sp³-hybridized carbons (Fsp3) is 0.636. The van der Waals surface area contributed by atoms with Crippen molar-refractivity contribution >= 4 is 0 Å². The average molecular weight is 154 g/mol. The third kappa shape index (κ3) is 5.90. The van der Waals surface area contributed by atoms with E-state index >= 15 is 0 Å². The molecule has 0 aliphatic heterocycles. The summed E-state index contributed by atoms with van der Waals surface area (Å²) in [6, 6.07) is 0. The fourth-order valence-corrected chi connectivity index (χ4v) is 0.938. The highest BCUT2D eigenvalue weighted by Gasteiger charge is 1.96. The van der Waals surface area contributed by atoms with Crippen molar-refractivity contribution in [3.63, 3.8) is 0 Å². The molecule has 0 heterocycles. The van der Waals surface area contributed by atoms with Crippen molar-refractivity contribution in [2.75, 3.05) is 0 Å². The van der Waals surface area contributed by atoms with Crippen LogP contribution in [0.5, 0.6) is 0 Å². The van der Waals surface area contributed by atoms with Gasteiger partial charge in [0.25, 0.3) is 0 Å². The van der Waals surface area contributed by atoms with Gasteiger partial charge in [-0.1, -0.05) is 52.0 Å². The number of allylic oxidation sites excluding steroid dienone is 4. The van der Waals surface area contributed by atoms with Gasteiger partial charge in [-0.3, -0.25) is 0 Å². The Morgan fingerprint density at radius 3 is 2.18 bits per heavy atom. The SMILES string of the molecule is C.C/C=C\C=C(\CC)C(C)C. The van der Waals surface area contributed by atoms with Crippen LogP contribution in [0.15, 0.2) is 23.8 Å². The monoisotopic (exact) mass is 154 g/mol. The Hall–Kier alpha value is -0.520. The van der Waals surface area contributed by atoms with Gasteiger partial charge in [0.05, 0.1) is 0 Å². The highest BCUT2D eigenvalue weighted by Crippen LogP contribution is 2.12. The largest absolute Gasteiger partial charge is 0.0877 e. The Bertz CT molecular complexity index is 127. The molecule has 0 nitrogen and oxygen atoms in total. The molecule has 0 aliphatic carbocycles. The topological polar surface area (TPSA) is 0 Å².